The average molecular weight is 312 g/mol. The Labute approximate surface area is 133 Å². The summed E-state index contributed by atoms with van der Waals surface area (Å²) in [6.45, 7) is 1.32. The number of hydrogen-bond donors (Lipinski definition) is 1. The van der Waals surface area contributed by atoms with Crippen LogP contribution in [0.1, 0.15) is 29.5 Å². The van der Waals surface area contributed by atoms with Crippen LogP contribution in [-0.4, -0.2) is 23.5 Å². The average Bonchev–Trinajstić information content (AvgIpc) is 2.56. The van der Waals surface area contributed by atoms with E-state index in [1.54, 1.807) is 13.1 Å². The number of primary amides is 1. The highest BCUT2D eigenvalue weighted by molar-refractivity contribution is 5.82. The van der Waals surface area contributed by atoms with Crippen molar-refractivity contribution in [3.05, 3.63) is 53.2 Å². The number of benzene rings is 1. The number of pyridine rings is 1. The molecule has 0 saturated heterocycles. The molecule has 0 saturated carbocycles. The Balaban J connectivity index is 1.79. The maximum Gasteiger partial charge on any atom is 0.313 e. The molecule has 6 nitrogen and oxygen atoms in total. The standard InChI is InChI=1S/C17H16N2O4/c1-10(17(21)22-9-15(18)20)11-4-5-14-13(7-11)8-12-3-2-6-19-16(12)23-14/h2-7,10H,8-9H2,1H3,(H2,18,20). The Bertz CT molecular complexity index is 773. The largest absolute Gasteiger partial charge is 0.455 e. The Hall–Kier alpha value is -2.89. The highest BCUT2D eigenvalue weighted by Gasteiger charge is 2.22. The van der Waals surface area contributed by atoms with Crippen LogP contribution in [-0.2, 0) is 20.7 Å². The molecule has 1 atom stereocenters. The predicted molar refractivity (Wildman–Crippen MR) is 82.1 cm³/mol. The molecule has 0 fully saturated rings. The Morgan fingerprint density at radius 2 is 2.17 bits per heavy atom. The SMILES string of the molecule is CC(C(=O)OCC(N)=O)c1ccc2c(c1)Cc1cccnc1O2. The molecule has 118 valence electrons. The first-order chi connectivity index (χ1) is 11.0. The van der Waals surface area contributed by atoms with E-state index < -0.39 is 24.4 Å². The summed E-state index contributed by atoms with van der Waals surface area (Å²) in [5.74, 6) is -0.301. The zero-order chi connectivity index (χ0) is 16.4. The minimum Gasteiger partial charge on any atom is -0.455 e. The smallest absolute Gasteiger partial charge is 0.313 e. The van der Waals surface area contributed by atoms with Gasteiger partial charge in [0.05, 0.1) is 5.92 Å². The van der Waals surface area contributed by atoms with Gasteiger partial charge in [0, 0.05) is 18.2 Å². The van der Waals surface area contributed by atoms with Gasteiger partial charge in [-0.15, -0.1) is 0 Å². The van der Waals surface area contributed by atoms with E-state index in [2.05, 4.69) is 4.98 Å². The van der Waals surface area contributed by atoms with Gasteiger partial charge in [-0.05, 0) is 30.2 Å². The van der Waals surface area contributed by atoms with E-state index in [0.717, 1.165) is 22.4 Å². The molecule has 1 aromatic carbocycles. The van der Waals surface area contributed by atoms with Crippen LogP contribution in [0.4, 0.5) is 0 Å². The predicted octanol–water partition coefficient (Wildman–Crippen LogP) is 1.91. The Kier molecular flexibility index (Phi) is 3.97. The van der Waals surface area contributed by atoms with Crippen molar-refractivity contribution in [3.8, 4) is 11.6 Å². The number of rotatable bonds is 4. The topological polar surface area (TPSA) is 91.5 Å². The molecule has 3 rings (SSSR count). The minimum atomic E-state index is -0.673. The van der Waals surface area contributed by atoms with E-state index in [-0.39, 0.29) is 0 Å². The molecule has 1 amide bonds. The summed E-state index contributed by atoms with van der Waals surface area (Å²) >= 11 is 0. The summed E-state index contributed by atoms with van der Waals surface area (Å²) in [6, 6.07) is 9.37. The number of carbonyl (C=O) groups excluding carboxylic acids is 2. The van der Waals surface area contributed by atoms with Gasteiger partial charge < -0.3 is 15.2 Å². The third kappa shape index (κ3) is 3.15. The molecule has 1 unspecified atom stereocenters. The molecular formula is C17H16N2O4. The van der Waals surface area contributed by atoms with Crippen molar-refractivity contribution in [2.45, 2.75) is 19.3 Å². The quantitative estimate of drug-likeness (QED) is 0.743. The summed E-state index contributed by atoms with van der Waals surface area (Å²) in [6.07, 6.45) is 2.38. The van der Waals surface area contributed by atoms with Crippen LogP contribution in [0.15, 0.2) is 36.5 Å². The molecule has 1 aliphatic rings. The molecule has 2 N–H and O–H groups in total. The second kappa shape index (κ2) is 6.08. The summed E-state index contributed by atoms with van der Waals surface area (Å²) in [7, 11) is 0. The zero-order valence-electron chi connectivity index (χ0n) is 12.6. The molecule has 1 aliphatic heterocycles. The first kappa shape index (κ1) is 15.0. The number of nitrogens with zero attached hydrogens (tertiary/aromatic N) is 1. The number of ether oxygens (including phenoxy) is 2. The van der Waals surface area contributed by atoms with Gasteiger partial charge >= 0.3 is 5.97 Å². The lowest BCUT2D eigenvalue weighted by atomic mass is 9.95. The molecule has 23 heavy (non-hydrogen) atoms. The number of amides is 1. The minimum absolute atomic E-state index is 0.406. The maximum absolute atomic E-state index is 11.9. The monoisotopic (exact) mass is 312 g/mol. The Morgan fingerprint density at radius 3 is 2.96 bits per heavy atom. The molecule has 6 heteroatoms. The number of fused-ring (bicyclic) bond motifs is 2. The highest BCUT2D eigenvalue weighted by Crippen LogP contribution is 2.36. The van der Waals surface area contributed by atoms with Crippen molar-refractivity contribution >= 4 is 11.9 Å². The fourth-order valence-electron chi connectivity index (χ4n) is 2.47. The summed E-state index contributed by atoms with van der Waals surface area (Å²) in [5.41, 5.74) is 7.76. The second-order valence-corrected chi connectivity index (χ2v) is 5.41. The van der Waals surface area contributed by atoms with E-state index in [4.69, 9.17) is 15.2 Å². The van der Waals surface area contributed by atoms with E-state index in [9.17, 15) is 9.59 Å². The molecule has 0 aliphatic carbocycles. The fraction of sp³-hybridized carbons (Fsp3) is 0.235. The molecule has 2 heterocycles. The van der Waals surface area contributed by atoms with Gasteiger partial charge in [0.2, 0.25) is 5.88 Å². The van der Waals surface area contributed by atoms with Crippen molar-refractivity contribution in [1.82, 2.24) is 4.98 Å². The van der Waals surface area contributed by atoms with Gasteiger partial charge in [-0.25, -0.2) is 4.98 Å². The molecular weight excluding hydrogens is 296 g/mol. The second-order valence-electron chi connectivity index (χ2n) is 5.41. The van der Waals surface area contributed by atoms with Crippen molar-refractivity contribution in [2.24, 2.45) is 5.73 Å². The van der Waals surface area contributed by atoms with Gasteiger partial charge in [-0.2, -0.15) is 0 Å². The van der Waals surface area contributed by atoms with Crippen molar-refractivity contribution < 1.29 is 19.1 Å². The fourth-order valence-corrected chi connectivity index (χ4v) is 2.47. The van der Waals surface area contributed by atoms with Gasteiger partial charge in [0.15, 0.2) is 6.61 Å². The highest BCUT2D eigenvalue weighted by atomic mass is 16.5. The van der Waals surface area contributed by atoms with Crippen LogP contribution in [0.5, 0.6) is 11.6 Å². The normalized spacial score (nSPS) is 13.3. The Morgan fingerprint density at radius 1 is 1.35 bits per heavy atom. The molecule has 0 bridgehead atoms. The van der Waals surface area contributed by atoms with Crippen LogP contribution in [0.3, 0.4) is 0 Å². The van der Waals surface area contributed by atoms with Crippen molar-refractivity contribution in [2.75, 3.05) is 6.61 Å². The lowest BCUT2D eigenvalue weighted by Crippen LogP contribution is -2.23. The van der Waals surface area contributed by atoms with E-state index >= 15 is 0 Å². The van der Waals surface area contributed by atoms with E-state index in [0.29, 0.717) is 12.3 Å². The van der Waals surface area contributed by atoms with Gasteiger partial charge in [-0.3, -0.25) is 9.59 Å². The molecule has 2 aromatic rings. The van der Waals surface area contributed by atoms with Crippen molar-refractivity contribution in [3.63, 3.8) is 0 Å². The first-order valence-electron chi connectivity index (χ1n) is 7.24. The molecule has 0 spiro atoms. The van der Waals surface area contributed by atoms with Crippen LogP contribution in [0.2, 0.25) is 0 Å². The number of nitrogens with two attached hydrogens (primary N) is 1. The lowest BCUT2D eigenvalue weighted by molar-refractivity contribution is -0.148. The number of carbonyl (C=O) groups is 2. The van der Waals surface area contributed by atoms with Crippen LogP contribution in [0.25, 0.3) is 0 Å². The number of hydrogen-bond acceptors (Lipinski definition) is 5. The summed E-state index contributed by atoms with van der Waals surface area (Å²) < 4.78 is 10.6. The summed E-state index contributed by atoms with van der Waals surface area (Å²) in [4.78, 5) is 26.8. The third-order valence-electron chi connectivity index (χ3n) is 3.73. The summed E-state index contributed by atoms with van der Waals surface area (Å²) in [5, 5.41) is 0. The maximum atomic E-state index is 11.9. The van der Waals surface area contributed by atoms with E-state index in [1.807, 2.05) is 30.3 Å². The molecule has 0 radical (unpaired) electrons. The van der Waals surface area contributed by atoms with Gasteiger partial charge in [-0.1, -0.05) is 18.2 Å². The van der Waals surface area contributed by atoms with Gasteiger partial charge in [0.1, 0.15) is 5.75 Å². The van der Waals surface area contributed by atoms with Crippen LogP contribution < -0.4 is 10.5 Å². The number of aromatic nitrogens is 1. The lowest BCUT2D eigenvalue weighted by Gasteiger charge is -2.20. The van der Waals surface area contributed by atoms with Gasteiger partial charge in [0.25, 0.3) is 5.91 Å². The first-order valence-corrected chi connectivity index (χ1v) is 7.24. The third-order valence-corrected chi connectivity index (χ3v) is 3.73. The van der Waals surface area contributed by atoms with Crippen molar-refractivity contribution in [1.29, 1.82) is 0 Å². The van der Waals surface area contributed by atoms with Crippen LogP contribution in [0, 0.1) is 0 Å². The molecule has 1 aromatic heterocycles. The number of esters is 1. The van der Waals surface area contributed by atoms with E-state index in [1.165, 1.54) is 0 Å². The zero-order valence-corrected chi connectivity index (χ0v) is 12.6. The van der Waals surface area contributed by atoms with Crippen LogP contribution >= 0.6 is 0 Å².